The maximum atomic E-state index is 6.38. The average Bonchev–Trinajstić information content (AvgIpc) is 2.64. The molecular formula is C15H26ClN3. The number of aromatic nitrogens is 2. The highest BCUT2D eigenvalue weighted by molar-refractivity contribution is 6.31. The SMILES string of the molecule is CCc1nn(C)c(CNC2CCCCCCC2)c1Cl. The lowest BCUT2D eigenvalue weighted by atomic mass is 9.97. The largest absolute Gasteiger partial charge is 0.308 e. The molecule has 4 heteroatoms. The molecule has 1 fully saturated rings. The Labute approximate surface area is 121 Å². The zero-order valence-corrected chi connectivity index (χ0v) is 13.0. The number of aryl methyl sites for hydroxylation is 2. The lowest BCUT2D eigenvalue weighted by molar-refractivity contribution is 0.385. The molecule has 0 aliphatic heterocycles. The summed E-state index contributed by atoms with van der Waals surface area (Å²) in [7, 11) is 1.99. The van der Waals surface area contributed by atoms with E-state index in [2.05, 4.69) is 17.3 Å². The van der Waals surface area contributed by atoms with Crippen LogP contribution in [0.3, 0.4) is 0 Å². The van der Waals surface area contributed by atoms with Crippen molar-refractivity contribution in [2.45, 2.75) is 70.9 Å². The summed E-state index contributed by atoms with van der Waals surface area (Å²) in [6, 6.07) is 0.649. The van der Waals surface area contributed by atoms with Gasteiger partial charge < -0.3 is 5.32 Å². The van der Waals surface area contributed by atoms with Crippen LogP contribution in [0, 0.1) is 0 Å². The molecule has 0 bridgehead atoms. The predicted octanol–water partition coefficient (Wildman–Crippen LogP) is 3.84. The van der Waals surface area contributed by atoms with Crippen molar-refractivity contribution in [1.82, 2.24) is 15.1 Å². The zero-order chi connectivity index (χ0) is 13.7. The number of halogens is 1. The van der Waals surface area contributed by atoms with E-state index < -0.39 is 0 Å². The van der Waals surface area contributed by atoms with Crippen LogP contribution in [0.25, 0.3) is 0 Å². The molecule has 1 aliphatic carbocycles. The number of hydrogen-bond acceptors (Lipinski definition) is 2. The van der Waals surface area contributed by atoms with Gasteiger partial charge in [0.1, 0.15) is 0 Å². The Hall–Kier alpha value is -0.540. The molecule has 2 rings (SSSR count). The molecule has 0 unspecified atom stereocenters. The van der Waals surface area contributed by atoms with Crippen molar-refractivity contribution in [2.24, 2.45) is 7.05 Å². The molecule has 0 spiro atoms. The summed E-state index contributed by atoms with van der Waals surface area (Å²) in [6.07, 6.45) is 10.4. The smallest absolute Gasteiger partial charge is 0.0863 e. The fraction of sp³-hybridized carbons (Fsp3) is 0.800. The maximum Gasteiger partial charge on any atom is 0.0863 e. The van der Waals surface area contributed by atoms with Crippen molar-refractivity contribution in [1.29, 1.82) is 0 Å². The van der Waals surface area contributed by atoms with Gasteiger partial charge in [-0.15, -0.1) is 0 Å². The lowest BCUT2D eigenvalue weighted by Gasteiger charge is -2.21. The van der Waals surface area contributed by atoms with Gasteiger partial charge in [-0.2, -0.15) is 5.10 Å². The third-order valence-electron chi connectivity index (χ3n) is 4.17. The number of rotatable bonds is 4. The second-order valence-corrected chi connectivity index (χ2v) is 5.99. The highest BCUT2D eigenvalue weighted by Gasteiger charge is 2.15. The summed E-state index contributed by atoms with van der Waals surface area (Å²) >= 11 is 6.38. The first-order valence-electron chi connectivity index (χ1n) is 7.66. The second kappa shape index (κ2) is 7.30. The number of hydrogen-bond donors (Lipinski definition) is 1. The molecule has 0 saturated heterocycles. The van der Waals surface area contributed by atoms with Gasteiger partial charge in [0.15, 0.2) is 0 Å². The van der Waals surface area contributed by atoms with Gasteiger partial charge in [0.2, 0.25) is 0 Å². The van der Waals surface area contributed by atoms with E-state index >= 15 is 0 Å². The van der Waals surface area contributed by atoms with Gasteiger partial charge >= 0.3 is 0 Å². The van der Waals surface area contributed by atoms with E-state index in [-0.39, 0.29) is 0 Å². The molecule has 0 amide bonds. The summed E-state index contributed by atoms with van der Waals surface area (Å²) in [5, 5.41) is 9.00. The van der Waals surface area contributed by atoms with Crippen LogP contribution < -0.4 is 5.32 Å². The van der Waals surface area contributed by atoms with Crippen molar-refractivity contribution in [3.63, 3.8) is 0 Å². The normalized spacial score (nSPS) is 18.3. The van der Waals surface area contributed by atoms with Gasteiger partial charge in [-0.05, 0) is 19.3 Å². The molecule has 1 saturated carbocycles. The quantitative estimate of drug-likeness (QED) is 0.910. The van der Waals surface area contributed by atoms with Crippen LogP contribution in [-0.2, 0) is 20.0 Å². The van der Waals surface area contributed by atoms with Gasteiger partial charge in [0.05, 0.1) is 16.4 Å². The van der Waals surface area contributed by atoms with Crippen molar-refractivity contribution in [3.05, 3.63) is 16.4 Å². The standard InChI is InChI=1S/C15H26ClN3/c1-3-13-15(16)14(19(2)18-13)11-17-12-9-7-5-4-6-8-10-12/h12,17H,3-11H2,1-2H3. The predicted molar refractivity (Wildman–Crippen MR) is 80.5 cm³/mol. The molecule has 1 aromatic heterocycles. The van der Waals surface area contributed by atoms with E-state index in [4.69, 9.17) is 11.6 Å². The minimum atomic E-state index is 0.649. The molecule has 0 radical (unpaired) electrons. The molecule has 1 N–H and O–H groups in total. The summed E-state index contributed by atoms with van der Waals surface area (Å²) in [5.74, 6) is 0. The van der Waals surface area contributed by atoms with Crippen molar-refractivity contribution < 1.29 is 0 Å². The molecule has 108 valence electrons. The van der Waals surface area contributed by atoms with Gasteiger partial charge in [0, 0.05) is 19.6 Å². The van der Waals surface area contributed by atoms with Crippen LogP contribution >= 0.6 is 11.6 Å². The molecule has 19 heavy (non-hydrogen) atoms. The van der Waals surface area contributed by atoms with E-state index in [0.717, 1.165) is 29.4 Å². The lowest BCUT2D eigenvalue weighted by Crippen LogP contribution is -2.30. The number of nitrogens with one attached hydrogen (secondary N) is 1. The second-order valence-electron chi connectivity index (χ2n) is 5.61. The highest BCUT2D eigenvalue weighted by Crippen LogP contribution is 2.22. The third kappa shape index (κ3) is 3.96. The fourth-order valence-corrected chi connectivity index (χ4v) is 3.27. The van der Waals surface area contributed by atoms with Gasteiger partial charge in [-0.25, -0.2) is 0 Å². The summed E-state index contributed by atoms with van der Waals surface area (Å²) < 4.78 is 1.93. The molecule has 1 heterocycles. The number of nitrogens with zero attached hydrogens (tertiary/aromatic N) is 2. The van der Waals surface area contributed by atoms with Crippen molar-refractivity contribution in [2.75, 3.05) is 0 Å². The summed E-state index contributed by atoms with van der Waals surface area (Å²) in [5.41, 5.74) is 2.14. The van der Waals surface area contributed by atoms with E-state index in [0.29, 0.717) is 6.04 Å². The van der Waals surface area contributed by atoms with Crippen molar-refractivity contribution in [3.8, 4) is 0 Å². The van der Waals surface area contributed by atoms with E-state index in [1.54, 1.807) is 0 Å². The van der Waals surface area contributed by atoms with Crippen LogP contribution in [-0.4, -0.2) is 15.8 Å². The Morgan fingerprint density at radius 1 is 1.21 bits per heavy atom. The van der Waals surface area contributed by atoms with Crippen LogP contribution in [0.15, 0.2) is 0 Å². The van der Waals surface area contributed by atoms with E-state index in [1.165, 1.54) is 44.9 Å². The first kappa shape index (κ1) is 14.9. The van der Waals surface area contributed by atoms with Gasteiger partial charge in [0.25, 0.3) is 0 Å². The molecular weight excluding hydrogens is 258 g/mol. The molecule has 1 aliphatic rings. The Balaban J connectivity index is 1.92. The molecule has 0 atom stereocenters. The first-order chi connectivity index (χ1) is 9.22. The van der Waals surface area contributed by atoms with Gasteiger partial charge in [-0.3, -0.25) is 4.68 Å². The Morgan fingerprint density at radius 3 is 2.42 bits per heavy atom. The minimum Gasteiger partial charge on any atom is -0.308 e. The Kier molecular flexibility index (Phi) is 5.71. The molecule has 3 nitrogen and oxygen atoms in total. The Bertz CT molecular complexity index is 392. The fourth-order valence-electron chi connectivity index (χ4n) is 2.91. The van der Waals surface area contributed by atoms with E-state index in [9.17, 15) is 0 Å². The maximum absolute atomic E-state index is 6.38. The van der Waals surface area contributed by atoms with Crippen LogP contribution in [0.5, 0.6) is 0 Å². The minimum absolute atomic E-state index is 0.649. The van der Waals surface area contributed by atoms with Crippen LogP contribution in [0.4, 0.5) is 0 Å². The third-order valence-corrected chi connectivity index (χ3v) is 4.60. The summed E-state index contributed by atoms with van der Waals surface area (Å²) in [4.78, 5) is 0. The topological polar surface area (TPSA) is 29.9 Å². The van der Waals surface area contributed by atoms with Crippen LogP contribution in [0.1, 0.15) is 63.3 Å². The van der Waals surface area contributed by atoms with Crippen molar-refractivity contribution >= 4 is 11.6 Å². The average molecular weight is 284 g/mol. The Morgan fingerprint density at radius 2 is 1.84 bits per heavy atom. The molecule has 0 aromatic carbocycles. The molecule has 1 aromatic rings. The first-order valence-corrected chi connectivity index (χ1v) is 8.03. The van der Waals surface area contributed by atoms with Gasteiger partial charge in [-0.1, -0.05) is 50.6 Å². The monoisotopic (exact) mass is 283 g/mol. The highest BCUT2D eigenvalue weighted by atomic mass is 35.5. The van der Waals surface area contributed by atoms with Crippen LogP contribution in [0.2, 0.25) is 5.02 Å². The van der Waals surface area contributed by atoms with E-state index in [1.807, 2.05) is 11.7 Å². The zero-order valence-electron chi connectivity index (χ0n) is 12.2. The summed E-state index contributed by atoms with van der Waals surface area (Å²) in [6.45, 7) is 2.94.